The third-order valence-corrected chi connectivity index (χ3v) is 4.40. The summed E-state index contributed by atoms with van der Waals surface area (Å²) in [5.41, 5.74) is 2.72. The van der Waals surface area contributed by atoms with E-state index in [9.17, 15) is 0 Å². The molecule has 1 aromatic heterocycles. The van der Waals surface area contributed by atoms with E-state index in [1.807, 2.05) is 78.9 Å². The fourth-order valence-corrected chi connectivity index (χ4v) is 2.99. The Bertz CT molecular complexity index is 1100. The normalized spacial score (nSPS) is 11.8. The van der Waals surface area contributed by atoms with E-state index in [4.69, 9.17) is 27.6 Å². The topological polar surface area (TPSA) is 27.1 Å². The van der Waals surface area contributed by atoms with Gasteiger partial charge in [-0.1, -0.05) is 53.5 Å². The number of benzene rings is 3. The lowest BCUT2D eigenvalue weighted by Crippen LogP contribution is -2.70. The highest BCUT2D eigenvalue weighted by Gasteiger charge is 2.10. The van der Waals surface area contributed by atoms with Crippen LogP contribution in [0.15, 0.2) is 83.3 Å². The molecule has 0 aliphatic carbocycles. The summed E-state index contributed by atoms with van der Waals surface area (Å²) >= 11 is 12.2. The minimum Gasteiger partial charge on any atom is -0.456 e. The van der Waals surface area contributed by atoms with Crippen molar-refractivity contribution in [2.45, 2.75) is 0 Å². The number of rotatable bonds is 2. The summed E-state index contributed by atoms with van der Waals surface area (Å²) in [5, 5.41) is 3.20. The number of hydrogen-bond acceptors (Lipinski definition) is 1. The van der Waals surface area contributed by atoms with Gasteiger partial charge in [0.15, 0.2) is 0 Å². The van der Waals surface area contributed by atoms with Crippen LogP contribution in [0.2, 0.25) is 10.0 Å². The monoisotopic (exact) mass is 366 g/mol. The van der Waals surface area contributed by atoms with Crippen molar-refractivity contribution in [1.82, 2.24) is 0 Å². The van der Waals surface area contributed by atoms with E-state index < -0.39 is 0 Å². The van der Waals surface area contributed by atoms with Crippen molar-refractivity contribution < 1.29 is 9.41 Å². The molecule has 4 rings (SSSR count). The molecule has 1 N–H and O–H groups in total. The van der Waals surface area contributed by atoms with Gasteiger partial charge >= 0.3 is 0 Å². The number of fused-ring (bicyclic) bond motifs is 1. The number of nitrogens with one attached hydrogen (secondary N) is 1. The number of halogens is 2. The van der Waals surface area contributed by atoms with Crippen LogP contribution >= 0.6 is 23.2 Å². The smallest absolute Gasteiger partial charge is 0.218 e. The van der Waals surface area contributed by atoms with Gasteiger partial charge in [-0.25, -0.2) is 4.99 Å². The Morgan fingerprint density at radius 1 is 0.720 bits per heavy atom. The molecule has 2 nitrogen and oxygen atoms in total. The molecule has 25 heavy (non-hydrogen) atoms. The zero-order valence-corrected chi connectivity index (χ0v) is 14.7. The van der Waals surface area contributed by atoms with Crippen LogP contribution in [0.4, 0.5) is 5.69 Å². The largest absolute Gasteiger partial charge is 0.456 e. The van der Waals surface area contributed by atoms with Gasteiger partial charge in [-0.05, 0) is 30.3 Å². The van der Waals surface area contributed by atoms with E-state index in [0.717, 1.165) is 33.3 Å². The van der Waals surface area contributed by atoms with Crippen molar-refractivity contribution in [3.8, 4) is 11.3 Å². The molecule has 0 fully saturated rings. The first-order valence-electron chi connectivity index (χ1n) is 7.83. The molecule has 0 radical (unpaired) electrons. The zero-order valence-electron chi connectivity index (χ0n) is 13.2. The Hall–Kier alpha value is -2.55. The molecule has 0 bridgehead atoms. The summed E-state index contributed by atoms with van der Waals surface area (Å²) in [4.78, 5) is 3.43. The van der Waals surface area contributed by atoms with Crippen LogP contribution in [0.1, 0.15) is 0 Å². The maximum Gasteiger partial charge on any atom is 0.218 e. The molecule has 0 amide bonds. The Morgan fingerprint density at radius 2 is 1.44 bits per heavy atom. The first kappa shape index (κ1) is 15.9. The molecular formula is C21H14Cl2NO+. The van der Waals surface area contributed by atoms with E-state index in [1.54, 1.807) is 0 Å². The van der Waals surface area contributed by atoms with Crippen LogP contribution in [0.3, 0.4) is 0 Å². The summed E-state index contributed by atoms with van der Waals surface area (Å²) in [5.74, 6) is 0.784. The molecule has 1 heterocycles. The summed E-state index contributed by atoms with van der Waals surface area (Å²) in [6.07, 6.45) is 0. The average Bonchev–Trinajstić information content (AvgIpc) is 2.64. The van der Waals surface area contributed by atoms with Crippen LogP contribution in [0.25, 0.3) is 22.3 Å². The summed E-state index contributed by atoms with van der Waals surface area (Å²) in [6, 6.07) is 25.2. The zero-order chi connectivity index (χ0) is 17.2. The molecule has 0 aliphatic rings. The van der Waals surface area contributed by atoms with Crippen molar-refractivity contribution in [2.24, 2.45) is 0 Å². The molecule has 122 valence electrons. The molecule has 0 aliphatic heterocycles. The summed E-state index contributed by atoms with van der Waals surface area (Å²) in [6.45, 7) is 0. The van der Waals surface area contributed by atoms with Crippen molar-refractivity contribution in [1.29, 1.82) is 0 Å². The predicted molar refractivity (Wildman–Crippen MR) is 102 cm³/mol. The van der Waals surface area contributed by atoms with Gasteiger partial charge in [0.2, 0.25) is 11.0 Å². The standard InChI is InChI=1S/C21H13Cl2NO/c22-15-6-9-17(10-7-15)24-19-13-21(14-4-2-1-3-5-14)25-20-11-8-16(23)12-18(19)20/h1-13H/p+1. The van der Waals surface area contributed by atoms with E-state index in [-0.39, 0.29) is 0 Å². The first-order chi connectivity index (χ1) is 12.2. The second kappa shape index (κ2) is 6.75. The van der Waals surface area contributed by atoms with Crippen LogP contribution < -0.4 is 10.3 Å². The summed E-state index contributed by atoms with van der Waals surface area (Å²) in [7, 11) is 0. The van der Waals surface area contributed by atoms with Crippen LogP contribution in [-0.2, 0) is 0 Å². The maximum atomic E-state index is 6.18. The molecule has 4 aromatic rings. The number of hydrogen-bond donors (Lipinski definition) is 1. The van der Waals surface area contributed by atoms with Crippen molar-refractivity contribution in [3.05, 3.63) is 94.3 Å². The quantitative estimate of drug-likeness (QED) is 0.545. The van der Waals surface area contributed by atoms with Crippen molar-refractivity contribution >= 4 is 39.9 Å². The van der Waals surface area contributed by atoms with Gasteiger partial charge < -0.3 is 4.42 Å². The van der Waals surface area contributed by atoms with Gasteiger partial charge in [-0.15, -0.1) is 0 Å². The molecule has 4 heteroatoms. The van der Waals surface area contributed by atoms with Crippen molar-refractivity contribution in [2.75, 3.05) is 0 Å². The molecule has 0 saturated heterocycles. The minimum absolute atomic E-state index is 0.661. The van der Waals surface area contributed by atoms with Gasteiger partial charge in [0, 0.05) is 27.7 Å². The third-order valence-electron chi connectivity index (χ3n) is 3.91. The van der Waals surface area contributed by atoms with E-state index in [2.05, 4.69) is 4.99 Å². The minimum atomic E-state index is 0.661. The Labute approximate surface area is 155 Å². The molecule has 0 unspecified atom stereocenters. The van der Waals surface area contributed by atoms with Gasteiger partial charge in [-0.3, -0.25) is 0 Å². The lowest BCUT2D eigenvalue weighted by molar-refractivity contribution is -0.400. The lowest BCUT2D eigenvalue weighted by Gasteiger charge is -2.03. The highest BCUT2D eigenvalue weighted by molar-refractivity contribution is 6.31. The van der Waals surface area contributed by atoms with Gasteiger partial charge in [0.05, 0.1) is 11.5 Å². The van der Waals surface area contributed by atoms with Crippen LogP contribution in [0.5, 0.6) is 0 Å². The first-order valence-corrected chi connectivity index (χ1v) is 8.59. The Kier molecular flexibility index (Phi) is 4.31. The molecular weight excluding hydrogens is 353 g/mol. The van der Waals surface area contributed by atoms with Gasteiger partial charge in [-0.2, -0.15) is 0 Å². The van der Waals surface area contributed by atoms with E-state index in [0.29, 0.717) is 10.0 Å². The molecule has 0 spiro atoms. The van der Waals surface area contributed by atoms with Crippen LogP contribution in [0, 0.1) is 0 Å². The van der Waals surface area contributed by atoms with E-state index in [1.165, 1.54) is 0 Å². The molecule has 0 saturated carbocycles. The maximum absolute atomic E-state index is 6.18. The second-order valence-corrected chi connectivity index (χ2v) is 6.54. The van der Waals surface area contributed by atoms with Crippen molar-refractivity contribution in [3.63, 3.8) is 0 Å². The van der Waals surface area contributed by atoms with Gasteiger partial charge in [0.1, 0.15) is 11.3 Å². The SMILES string of the molecule is Clc1ccc([NH+]=c2cc(-c3ccccc3)oc3ccc(Cl)cc23)cc1. The third kappa shape index (κ3) is 3.46. The summed E-state index contributed by atoms with van der Waals surface area (Å²) < 4.78 is 6.08. The van der Waals surface area contributed by atoms with E-state index >= 15 is 0 Å². The highest BCUT2D eigenvalue weighted by Crippen LogP contribution is 2.23. The molecule has 0 atom stereocenters. The highest BCUT2D eigenvalue weighted by atomic mass is 35.5. The van der Waals surface area contributed by atoms with Gasteiger partial charge in [0.25, 0.3) is 0 Å². The Balaban J connectivity index is 2.00. The van der Waals surface area contributed by atoms with Crippen LogP contribution in [-0.4, -0.2) is 0 Å². The fourth-order valence-electron chi connectivity index (χ4n) is 2.70. The lowest BCUT2D eigenvalue weighted by atomic mass is 10.1. The average molecular weight is 367 g/mol. The molecule has 3 aromatic carbocycles. The Morgan fingerprint density at radius 3 is 2.20 bits per heavy atom. The second-order valence-electron chi connectivity index (χ2n) is 5.66. The fraction of sp³-hybridized carbons (Fsp3) is 0. The predicted octanol–water partition coefficient (Wildman–Crippen LogP) is 4.72.